The zero-order valence-corrected chi connectivity index (χ0v) is 18.6. The third kappa shape index (κ3) is 5.31. The first kappa shape index (κ1) is 21.9. The lowest BCUT2D eigenvalue weighted by atomic mass is 10.1. The first-order valence-corrected chi connectivity index (χ1v) is 12.3. The van der Waals surface area contributed by atoms with E-state index in [9.17, 15) is 13.2 Å². The molecule has 9 nitrogen and oxygen atoms in total. The number of anilines is 2. The van der Waals surface area contributed by atoms with Gasteiger partial charge in [-0.25, -0.2) is 8.42 Å². The van der Waals surface area contributed by atoms with Gasteiger partial charge in [0.25, 0.3) is 0 Å². The Bertz CT molecular complexity index is 1220. The van der Waals surface area contributed by atoms with Crippen LogP contribution in [-0.2, 0) is 21.2 Å². The summed E-state index contributed by atoms with van der Waals surface area (Å²) in [5, 5.41) is 10.4. The number of H-pyrrole nitrogens is 1. The number of ether oxygens (including phenoxy) is 2. The summed E-state index contributed by atoms with van der Waals surface area (Å²) in [7, 11) is -3.43. The number of nitrogens with zero attached hydrogens (tertiary/aromatic N) is 1. The summed E-state index contributed by atoms with van der Waals surface area (Å²) in [6, 6.07) is 10.5. The molecule has 0 atom stereocenters. The van der Waals surface area contributed by atoms with Crippen molar-refractivity contribution < 1.29 is 22.7 Å². The summed E-state index contributed by atoms with van der Waals surface area (Å²) in [6.45, 7) is 3.01. The van der Waals surface area contributed by atoms with Crippen molar-refractivity contribution in [2.45, 2.75) is 32.6 Å². The molecule has 3 N–H and O–H groups in total. The van der Waals surface area contributed by atoms with Crippen molar-refractivity contribution in [2.24, 2.45) is 0 Å². The zero-order valence-electron chi connectivity index (χ0n) is 17.8. The van der Waals surface area contributed by atoms with E-state index >= 15 is 0 Å². The second-order valence-electron chi connectivity index (χ2n) is 7.66. The molecule has 3 aromatic rings. The van der Waals surface area contributed by atoms with Gasteiger partial charge in [-0.3, -0.25) is 14.6 Å². The van der Waals surface area contributed by atoms with Crippen LogP contribution in [0.5, 0.6) is 11.5 Å². The summed E-state index contributed by atoms with van der Waals surface area (Å²) >= 11 is 0. The molecular weight excluding hydrogens is 432 g/mol. The third-order valence-corrected chi connectivity index (χ3v) is 6.45. The lowest BCUT2D eigenvalue weighted by Crippen LogP contribution is -2.17. The Kier molecular flexibility index (Phi) is 6.50. The van der Waals surface area contributed by atoms with Gasteiger partial charge in [0, 0.05) is 11.1 Å². The SMILES string of the molecule is CCCCCS(=O)(=O)Nc1ccc2[nH]nc(NC(=O)Cc3ccc4c(c3)OCCO4)c2c1. The minimum absolute atomic E-state index is 0.0728. The van der Waals surface area contributed by atoms with E-state index in [-0.39, 0.29) is 18.1 Å². The molecule has 0 radical (unpaired) electrons. The van der Waals surface area contributed by atoms with Gasteiger partial charge in [0.05, 0.1) is 17.7 Å². The third-order valence-electron chi connectivity index (χ3n) is 5.08. The number of nitrogens with one attached hydrogen (secondary N) is 3. The molecule has 1 aliphatic heterocycles. The number of unbranched alkanes of at least 4 members (excludes halogenated alkanes) is 2. The standard InChI is InChI=1S/C22H26N4O5S/c1-2-3-4-11-32(28,29)26-16-6-7-18-17(14-16)22(25-24-18)23-21(27)13-15-5-8-19-20(12-15)31-10-9-30-19/h5-8,12,14,26H,2-4,9-11,13H2,1H3,(H2,23,24,25,27). The minimum Gasteiger partial charge on any atom is -0.486 e. The highest BCUT2D eigenvalue weighted by Gasteiger charge is 2.16. The molecule has 0 unspecified atom stereocenters. The van der Waals surface area contributed by atoms with Crippen molar-refractivity contribution in [1.29, 1.82) is 0 Å². The van der Waals surface area contributed by atoms with Crippen LogP contribution in [0.15, 0.2) is 36.4 Å². The number of hydrogen-bond donors (Lipinski definition) is 3. The summed E-state index contributed by atoms with van der Waals surface area (Å²) < 4.78 is 38.3. The fourth-order valence-corrected chi connectivity index (χ4v) is 4.68. The normalized spacial score (nSPS) is 13.2. The lowest BCUT2D eigenvalue weighted by Gasteiger charge is -2.18. The minimum atomic E-state index is -3.43. The molecule has 1 amide bonds. The zero-order chi connectivity index (χ0) is 22.6. The average molecular weight is 459 g/mol. The van der Waals surface area contributed by atoms with Gasteiger partial charge >= 0.3 is 0 Å². The van der Waals surface area contributed by atoms with Crippen LogP contribution in [0.25, 0.3) is 10.9 Å². The van der Waals surface area contributed by atoms with Crippen LogP contribution in [0, 0.1) is 0 Å². The van der Waals surface area contributed by atoms with E-state index in [0.717, 1.165) is 18.4 Å². The molecule has 170 valence electrons. The van der Waals surface area contributed by atoms with Crippen LogP contribution in [0.4, 0.5) is 11.5 Å². The summed E-state index contributed by atoms with van der Waals surface area (Å²) in [4.78, 5) is 12.6. The molecule has 1 aliphatic rings. The number of carbonyl (C=O) groups is 1. The van der Waals surface area contributed by atoms with E-state index in [1.54, 1.807) is 30.3 Å². The first-order valence-electron chi connectivity index (χ1n) is 10.6. The van der Waals surface area contributed by atoms with Crippen LogP contribution in [0.1, 0.15) is 31.7 Å². The van der Waals surface area contributed by atoms with Gasteiger partial charge < -0.3 is 14.8 Å². The molecule has 2 aromatic carbocycles. The van der Waals surface area contributed by atoms with E-state index < -0.39 is 10.0 Å². The van der Waals surface area contributed by atoms with Crippen LogP contribution in [0.3, 0.4) is 0 Å². The molecule has 0 aliphatic carbocycles. The predicted octanol–water partition coefficient (Wildman–Crippen LogP) is 3.45. The van der Waals surface area contributed by atoms with Crippen LogP contribution < -0.4 is 19.5 Å². The summed E-state index contributed by atoms with van der Waals surface area (Å²) in [5.74, 6) is 1.46. The second-order valence-corrected chi connectivity index (χ2v) is 9.51. The number of amides is 1. The summed E-state index contributed by atoms with van der Waals surface area (Å²) in [5.41, 5.74) is 1.90. The first-order chi connectivity index (χ1) is 15.4. The largest absolute Gasteiger partial charge is 0.486 e. The second kappa shape index (κ2) is 9.47. The van der Waals surface area contributed by atoms with E-state index in [4.69, 9.17) is 9.47 Å². The predicted molar refractivity (Wildman–Crippen MR) is 123 cm³/mol. The molecule has 32 heavy (non-hydrogen) atoms. The molecule has 10 heteroatoms. The highest BCUT2D eigenvalue weighted by Crippen LogP contribution is 2.31. The number of fused-ring (bicyclic) bond motifs is 2. The van der Waals surface area contributed by atoms with Crippen molar-refractivity contribution in [3.05, 3.63) is 42.0 Å². The lowest BCUT2D eigenvalue weighted by molar-refractivity contribution is -0.115. The number of hydrogen-bond acceptors (Lipinski definition) is 6. The van der Waals surface area contributed by atoms with E-state index in [0.29, 0.717) is 53.5 Å². The van der Waals surface area contributed by atoms with Gasteiger partial charge in [-0.1, -0.05) is 25.8 Å². The van der Waals surface area contributed by atoms with E-state index in [2.05, 4.69) is 20.2 Å². The number of aromatic nitrogens is 2. The quantitative estimate of drug-likeness (QED) is 0.422. The van der Waals surface area contributed by atoms with Gasteiger partial charge in [-0.05, 0) is 42.3 Å². The Morgan fingerprint density at radius 3 is 2.72 bits per heavy atom. The number of aromatic amines is 1. The van der Waals surface area contributed by atoms with E-state index in [1.807, 2.05) is 13.0 Å². The van der Waals surface area contributed by atoms with E-state index in [1.165, 1.54) is 0 Å². The number of rotatable bonds is 9. The van der Waals surface area contributed by atoms with Gasteiger partial charge in [0.1, 0.15) is 13.2 Å². The Morgan fingerprint density at radius 1 is 1.09 bits per heavy atom. The number of carbonyl (C=O) groups excluding carboxylic acids is 1. The highest BCUT2D eigenvalue weighted by molar-refractivity contribution is 7.92. The Morgan fingerprint density at radius 2 is 1.91 bits per heavy atom. The van der Waals surface area contributed by atoms with Crippen molar-refractivity contribution in [3.8, 4) is 11.5 Å². The molecule has 0 saturated carbocycles. The molecule has 1 aromatic heterocycles. The van der Waals surface area contributed by atoms with Gasteiger partial charge in [0.15, 0.2) is 17.3 Å². The fraction of sp³-hybridized carbons (Fsp3) is 0.364. The van der Waals surface area contributed by atoms with Crippen LogP contribution >= 0.6 is 0 Å². The Balaban J connectivity index is 1.45. The van der Waals surface area contributed by atoms with Crippen LogP contribution in [0.2, 0.25) is 0 Å². The number of benzene rings is 2. The maximum absolute atomic E-state index is 12.6. The maximum atomic E-state index is 12.6. The smallest absolute Gasteiger partial charge is 0.232 e. The maximum Gasteiger partial charge on any atom is 0.232 e. The fourth-order valence-electron chi connectivity index (χ4n) is 3.50. The average Bonchev–Trinajstić information content (AvgIpc) is 3.15. The van der Waals surface area contributed by atoms with Gasteiger partial charge in [-0.2, -0.15) is 5.10 Å². The van der Waals surface area contributed by atoms with Crippen LogP contribution in [-0.4, -0.2) is 43.5 Å². The number of sulfonamides is 1. The Hall–Kier alpha value is -3.27. The molecule has 0 bridgehead atoms. The van der Waals surface area contributed by atoms with Crippen molar-refractivity contribution in [1.82, 2.24) is 10.2 Å². The molecule has 2 heterocycles. The van der Waals surface area contributed by atoms with Gasteiger partial charge in [0.2, 0.25) is 15.9 Å². The molecule has 0 spiro atoms. The van der Waals surface area contributed by atoms with Gasteiger partial charge in [-0.15, -0.1) is 0 Å². The Labute approximate surface area is 186 Å². The molecule has 0 saturated heterocycles. The highest BCUT2D eigenvalue weighted by atomic mass is 32.2. The summed E-state index contributed by atoms with van der Waals surface area (Å²) in [6.07, 6.45) is 2.56. The molecular formula is C22H26N4O5S. The topological polar surface area (TPSA) is 122 Å². The van der Waals surface area contributed by atoms with Crippen molar-refractivity contribution >= 4 is 38.3 Å². The van der Waals surface area contributed by atoms with Crippen molar-refractivity contribution in [2.75, 3.05) is 29.0 Å². The monoisotopic (exact) mass is 458 g/mol. The molecule has 4 rings (SSSR count). The molecule has 0 fully saturated rings. The van der Waals surface area contributed by atoms with Crippen molar-refractivity contribution in [3.63, 3.8) is 0 Å².